The Labute approximate surface area is 78.8 Å². The Morgan fingerprint density at radius 3 is 3.23 bits per heavy atom. The number of fused-ring (bicyclic) bond motifs is 2. The molecular weight excluding hydrogens is 162 g/mol. The molecule has 2 aliphatic heterocycles. The molecule has 0 aliphatic carbocycles. The molecule has 2 heterocycles. The van der Waals surface area contributed by atoms with E-state index >= 15 is 0 Å². The number of nitrogens with one attached hydrogen (secondary N) is 1. The lowest BCUT2D eigenvalue weighted by atomic mass is 10.2. The van der Waals surface area contributed by atoms with Gasteiger partial charge in [-0.15, -0.1) is 0 Å². The van der Waals surface area contributed by atoms with Crippen molar-refractivity contribution < 1.29 is 0 Å². The van der Waals surface area contributed by atoms with Crippen LogP contribution in [0.5, 0.6) is 0 Å². The van der Waals surface area contributed by atoms with E-state index in [9.17, 15) is 0 Å². The van der Waals surface area contributed by atoms with Crippen LogP contribution in [-0.4, -0.2) is 29.9 Å². The molecule has 70 valence electrons. The molecule has 2 aliphatic rings. The Balaban J connectivity index is 2.28. The second kappa shape index (κ2) is 3.24. The molecule has 0 aromatic carbocycles. The van der Waals surface area contributed by atoms with Crippen molar-refractivity contribution in [1.29, 1.82) is 0 Å². The molecule has 0 radical (unpaired) electrons. The number of allylic oxidation sites excluding steroid dienone is 1. The van der Waals surface area contributed by atoms with Crippen molar-refractivity contribution in [1.82, 2.24) is 10.2 Å². The maximum Gasteiger partial charge on any atom is 0.148 e. The van der Waals surface area contributed by atoms with E-state index < -0.39 is 0 Å². The maximum atomic E-state index is 4.61. The highest BCUT2D eigenvalue weighted by atomic mass is 15.3. The molecule has 2 rings (SSSR count). The van der Waals surface area contributed by atoms with Gasteiger partial charge in [0.2, 0.25) is 0 Å². The molecule has 2 bridgehead atoms. The lowest BCUT2D eigenvalue weighted by molar-refractivity contribution is 0.428. The van der Waals surface area contributed by atoms with Crippen LogP contribution >= 0.6 is 0 Å². The van der Waals surface area contributed by atoms with Crippen molar-refractivity contribution in [2.24, 2.45) is 4.99 Å². The first-order valence-corrected chi connectivity index (χ1v) is 4.72. The van der Waals surface area contributed by atoms with Gasteiger partial charge in [0, 0.05) is 13.1 Å². The Kier molecular flexibility index (Phi) is 2.08. The molecule has 0 saturated carbocycles. The summed E-state index contributed by atoms with van der Waals surface area (Å²) in [7, 11) is 0. The predicted molar refractivity (Wildman–Crippen MR) is 54.5 cm³/mol. The van der Waals surface area contributed by atoms with Crippen molar-refractivity contribution in [3.63, 3.8) is 0 Å². The molecule has 0 amide bonds. The normalized spacial score (nSPS) is 29.0. The van der Waals surface area contributed by atoms with Gasteiger partial charge in [-0.25, -0.2) is 0 Å². The van der Waals surface area contributed by atoms with Crippen LogP contribution in [0.2, 0.25) is 0 Å². The molecule has 1 atom stereocenters. The predicted octanol–water partition coefficient (Wildman–Crippen LogP) is 1.11. The largest absolute Gasteiger partial charge is 0.367 e. The minimum Gasteiger partial charge on any atom is -0.367 e. The standard InChI is InChI=1S/C10H15N3/c1-3-9-10(11-4-2)12-8-5-6-13(9)7-8/h3-4,8H,2,5-7H2,1H3,(H,11,12)/b9-3+. The Hall–Kier alpha value is -1.25. The van der Waals surface area contributed by atoms with Gasteiger partial charge < -0.3 is 10.2 Å². The average molecular weight is 177 g/mol. The van der Waals surface area contributed by atoms with Crippen LogP contribution in [0.25, 0.3) is 0 Å². The van der Waals surface area contributed by atoms with Gasteiger partial charge in [0.05, 0.1) is 11.7 Å². The fourth-order valence-electron chi connectivity index (χ4n) is 1.99. The van der Waals surface area contributed by atoms with Crippen LogP contribution in [0.15, 0.2) is 29.5 Å². The van der Waals surface area contributed by atoms with E-state index in [1.807, 2.05) is 6.92 Å². The zero-order valence-corrected chi connectivity index (χ0v) is 7.95. The first kappa shape index (κ1) is 8.35. The number of rotatable bonds is 1. The van der Waals surface area contributed by atoms with Gasteiger partial charge in [-0.2, -0.15) is 0 Å². The van der Waals surface area contributed by atoms with E-state index in [0.717, 1.165) is 18.9 Å². The summed E-state index contributed by atoms with van der Waals surface area (Å²) < 4.78 is 0. The summed E-state index contributed by atoms with van der Waals surface area (Å²) in [6.07, 6.45) is 4.98. The average Bonchev–Trinajstić information content (AvgIpc) is 2.50. The molecule has 13 heavy (non-hydrogen) atoms. The van der Waals surface area contributed by atoms with Crippen LogP contribution < -0.4 is 5.32 Å². The molecule has 3 nitrogen and oxygen atoms in total. The third-order valence-corrected chi connectivity index (χ3v) is 2.57. The van der Waals surface area contributed by atoms with E-state index in [4.69, 9.17) is 0 Å². The summed E-state index contributed by atoms with van der Waals surface area (Å²) in [5.74, 6) is 0.978. The number of amidine groups is 1. The summed E-state index contributed by atoms with van der Waals surface area (Å²) in [4.78, 5) is 6.99. The second-order valence-corrected chi connectivity index (χ2v) is 3.39. The molecule has 0 aromatic rings. The first-order valence-electron chi connectivity index (χ1n) is 4.72. The monoisotopic (exact) mass is 177 g/mol. The summed E-state index contributed by atoms with van der Waals surface area (Å²) in [6.45, 7) is 7.93. The minimum atomic E-state index is 0.492. The molecule has 1 saturated heterocycles. The highest BCUT2D eigenvalue weighted by Gasteiger charge is 2.30. The number of aliphatic imine (C=N–C) groups is 1. The van der Waals surface area contributed by atoms with Crippen molar-refractivity contribution in [2.75, 3.05) is 13.1 Å². The summed E-state index contributed by atoms with van der Waals surface area (Å²) in [5.41, 5.74) is 1.22. The maximum absolute atomic E-state index is 4.61. The molecular formula is C10H15N3. The van der Waals surface area contributed by atoms with Gasteiger partial charge in [-0.3, -0.25) is 4.99 Å². The van der Waals surface area contributed by atoms with Crippen molar-refractivity contribution in [2.45, 2.75) is 19.4 Å². The van der Waals surface area contributed by atoms with Gasteiger partial charge in [-0.1, -0.05) is 12.7 Å². The van der Waals surface area contributed by atoms with E-state index in [2.05, 4.69) is 27.9 Å². The third kappa shape index (κ3) is 1.34. The first-order chi connectivity index (χ1) is 6.35. The van der Waals surface area contributed by atoms with E-state index in [-0.39, 0.29) is 0 Å². The summed E-state index contributed by atoms with van der Waals surface area (Å²) in [5, 5.41) is 3.09. The molecule has 3 heteroatoms. The molecule has 0 aromatic heterocycles. The summed E-state index contributed by atoms with van der Waals surface area (Å²) >= 11 is 0. The van der Waals surface area contributed by atoms with Crippen molar-refractivity contribution >= 4 is 5.84 Å². The molecule has 1 N–H and O–H groups in total. The Morgan fingerprint density at radius 1 is 1.69 bits per heavy atom. The Bertz CT molecular complexity index is 278. The van der Waals surface area contributed by atoms with Gasteiger partial charge in [0.15, 0.2) is 0 Å². The topological polar surface area (TPSA) is 27.6 Å². The lowest BCUT2D eigenvalue weighted by Gasteiger charge is -2.26. The van der Waals surface area contributed by atoms with E-state index in [0.29, 0.717) is 6.04 Å². The molecule has 0 spiro atoms. The Morgan fingerprint density at radius 2 is 2.54 bits per heavy atom. The smallest absolute Gasteiger partial charge is 0.148 e. The fourth-order valence-corrected chi connectivity index (χ4v) is 1.99. The van der Waals surface area contributed by atoms with Crippen molar-refractivity contribution in [3.8, 4) is 0 Å². The summed E-state index contributed by atoms with van der Waals surface area (Å²) in [6, 6.07) is 0.492. The highest BCUT2D eigenvalue weighted by Crippen LogP contribution is 2.23. The van der Waals surface area contributed by atoms with Gasteiger partial charge in [-0.05, 0) is 19.5 Å². The minimum absolute atomic E-state index is 0.492. The number of hydrogen-bond donors (Lipinski definition) is 1. The van der Waals surface area contributed by atoms with Crippen LogP contribution in [0.3, 0.4) is 0 Å². The number of nitrogens with zero attached hydrogens (tertiary/aromatic N) is 2. The second-order valence-electron chi connectivity index (χ2n) is 3.39. The van der Waals surface area contributed by atoms with Crippen LogP contribution in [0, 0.1) is 0 Å². The highest BCUT2D eigenvalue weighted by molar-refractivity contribution is 5.99. The van der Waals surface area contributed by atoms with E-state index in [1.54, 1.807) is 6.20 Å². The number of hydrogen-bond acceptors (Lipinski definition) is 3. The molecule has 1 fully saturated rings. The fraction of sp³-hybridized carbons (Fsp3) is 0.500. The van der Waals surface area contributed by atoms with Crippen LogP contribution in [0.1, 0.15) is 13.3 Å². The lowest BCUT2D eigenvalue weighted by Crippen LogP contribution is -2.36. The molecule has 1 unspecified atom stereocenters. The van der Waals surface area contributed by atoms with Crippen molar-refractivity contribution in [3.05, 3.63) is 24.6 Å². The van der Waals surface area contributed by atoms with Crippen LogP contribution in [-0.2, 0) is 0 Å². The van der Waals surface area contributed by atoms with Gasteiger partial charge in [0.1, 0.15) is 5.84 Å². The SMILES string of the molecule is C=CNC1=NC2CCN(C2)/C1=C/C. The zero-order valence-electron chi connectivity index (χ0n) is 7.95. The van der Waals surface area contributed by atoms with E-state index in [1.165, 1.54) is 12.1 Å². The quantitative estimate of drug-likeness (QED) is 0.649. The third-order valence-electron chi connectivity index (χ3n) is 2.57. The van der Waals surface area contributed by atoms with Gasteiger partial charge >= 0.3 is 0 Å². The zero-order chi connectivity index (χ0) is 9.26. The van der Waals surface area contributed by atoms with Gasteiger partial charge in [0.25, 0.3) is 0 Å². The van der Waals surface area contributed by atoms with Crippen LogP contribution in [0.4, 0.5) is 0 Å².